The molecule has 9 heteroatoms. The van der Waals surface area contributed by atoms with Crippen LogP contribution in [0.1, 0.15) is 5.82 Å². The van der Waals surface area contributed by atoms with Gasteiger partial charge in [-0.15, -0.1) is 15.3 Å². The highest BCUT2D eigenvalue weighted by Gasteiger charge is 2.05. The van der Waals surface area contributed by atoms with E-state index in [9.17, 15) is 0 Å². The van der Waals surface area contributed by atoms with Gasteiger partial charge in [0.05, 0.1) is 18.9 Å². The summed E-state index contributed by atoms with van der Waals surface area (Å²) in [4.78, 5) is 4.04. The topological polar surface area (TPSA) is 98.7 Å². The van der Waals surface area contributed by atoms with Crippen LogP contribution in [0.4, 0.5) is 5.82 Å². The normalized spacial score (nSPS) is 10.9. The summed E-state index contributed by atoms with van der Waals surface area (Å²) in [6, 6.07) is 0. The molecule has 3 heterocycles. The van der Waals surface area contributed by atoms with E-state index in [-0.39, 0.29) is 0 Å². The Bertz CT molecular complexity index is 639. The molecule has 17 heavy (non-hydrogen) atoms. The number of hydrogen-bond donors (Lipinski definition) is 1. The molecule has 9 nitrogen and oxygen atoms in total. The molecule has 86 valence electrons. The number of anilines is 1. The van der Waals surface area contributed by atoms with Crippen molar-refractivity contribution in [1.29, 1.82) is 0 Å². The van der Waals surface area contributed by atoms with Gasteiger partial charge >= 0.3 is 0 Å². The maximum atomic E-state index is 4.04. The molecule has 0 aromatic carbocycles. The van der Waals surface area contributed by atoms with Crippen molar-refractivity contribution in [2.75, 3.05) is 5.32 Å². The second-order valence-electron chi connectivity index (χ2n) is 3.45. The summed E-state index contributed by atoms with van der Waals surface area (Å²) in [5.74, 6) is 1.52. The van der Waals surface area contributed by atoms with Crippen molar-refractivity contribution < 1.29 is 0 Å². The predicted octanol–water partition coefficient (Wildman–Crippen LogP) is -0.740. The Morgan fingerprint density at radius 2 is 2.24 bits per heavy atom. The van der Waals surface area contributed by atoms with Crippen LogP contribution in [0.5, 0.6) is 0 Å². The highest BCUT2D eigenvalue weighted by molar-refractivity contribution is 5.43. The molecular weight excluding hydrogens is 222 g/mol. The molecule has 0 amide bonds. The summed E-state index contributed by atoms with van der Waals surface area (Å²) in [6.45, 7) is 0.525. The average Bonchev–Trinajstić information content (AvgIpc) is 2.95. The summed E-state index contributed by atoms with van der Waals surface area (Å²) in [6.07, 6.45) is 4.89. The number of tetrazole rings is 1. The van der Waals surface area contributed by atoms with Crippen LogP contribution >= 0.6 is 0 Å². The van der Waals surface area contributed by atoms with Gasteiger partial charge < -0.3 is 9.88 Å². The lowest BCUT2D eigenvalue weighted by atomic mass is 10.5. The van der Waals surface area contributed by atoms with Crippen molar-refractivity contribution in [2.45, 2.75) is 6.54 Å². The lowest BCUT2D eigenvalue weighted by Gasteiger charge is -2.05. The molecule has 0 spiro atoms. The zero-order valence-corrected chi connectivity index (χ0v) is 9.02. The Hall–Kier alpha value is -2.58. The van der Waals surface area contributed by atoms with Crippen LogP contribution in [-0.4, -0.2) is 39.8 Å². The highest BCUT2D eigenvalue weighted by atomic mass is 15.5. The van der Waals surface area contributed by atoms with E-state index in [0.29, 0.717) is 18.0 Å². The first-order valence-electron chi connectivity index (χ1n) is 4.93. The Labute approximate surface area is 95.5 Å². The van der Waals surface area contributed by atoms with E-state index in [1.807, 2.05) is 11.6 Å². The molecule has 0 unspecified atom stereocenters. The van der Waals surface area contributed by atoms with E-state index < -0.39 is 0 Å². The second-order valence-corrected chi connectivity index (χ2v) is 3.45. The number of rotatable bonds is 3. The minimum Gasteiger partial charge on any atom is -0.361 e. The van der Waals surface area contributed by atoms with Gasteiger partial charge in [0.25, 0.3) is 0 Å². The van der Waals surface area contributed by atoms with Crippen LogP contribution in [0.2, 0.25) is 0 Å². The van der Waals surface area contributed by atoms with Gasteiger partial charge in [-0.05, 0) is 10.4 Å². The van der Waals surface area contributed by atoms with Gasteiger partial charge in [0.15, 0.2) is 17.3 Å². The third kappa shape index (κ3) is 1.67. The molecule has 0 bridgehead atoms. The van der Waals surface area contributed by atoms with Gasteiger partial charge in [-0.25, -0.2) is 0 Å². The fourth-order valence-corrected chi connectivity index (χ4v) is 1.43. The van der Waals surface area contributed by atoms with Gasteiger partial charge in [-0.2, -0.15) is 4.52 Å². The number of nitrogens with zero attached hydrogens (tertiary/aromatic N) is 8. The first kappa shape index (κ1) is 9.63. The van der Waals surface area contributed by atoms with Crippen LogP contribution < -0.4 is 5.32 Å². The molecule has 0 aliphatic heterocycles. The first-order chi connectivity index (χ1) is 8.34. The number of nitrogens with one attached hydrogen (secondary N) is 1. The van der Waals surface area contributed by atoms with E-state index in [1.54, 1.807) is 23.2 Å². The third-order valence-corrected chi connectivity index (χ3v) is 2.34. The number of fused-ring (bicyclic) bond motifs is 1. The Balaban J connectivity index is 1.86. The fourth-order valence-electron chi connectivity index (χ4n) is 1.43. The zero-order chi connectivity index (χ0) is 11.7. The smallest absolute Gasteiger partial charge is 0.199 e. The monoisotopic (exact) mass is 231 g/mol. The van der Waals surface area contributed by atoms with E-state index in [4.69, 9.17) is 0 Å². The van der Waals surface area contributed by atoms with Gasteiger partial charge in [0.1, 0.15) is 6.33 Å². The summed E-state index contributed by atoms with van der Waals surface area (Å²) in [5, 5.41) is 22.1. The average molecular weight is 231 g/mol. The Morgan fingerprint density at radius 3 is 3.06 bits per heavy atom. The first-order valence-corrected chi connectivity index (χ1v) is 4.93. The molecule has 0 atom stereocenters. The van der Waals surface area contributed by atoms with E-state index >= 15 is 0 Å². The largest absolute Gasteiger partial charge is 0.361 e. The summed E-state index contributed by atoms with van der Waals surface area (Å²) >= 11 is 0. The van der Waals surface area contributed by atoms with Crippen molar-refractivity contribution in [2.24, 2.45) is 7.05 Å². The van der Waals surface area contributed by atoms with Crippen molar-refractivity contribution in [3.63, 3.8) is 0 Å². The van der Waals surface area contributed by atoms with Crippen LogP contribution in [-0.2, 0) is 13.6 Å². The van der Waals surface area contributed by atoms with Gasteiger partial charge in [-0.1, -0.05) is 0 Å². The Kier molecular flexibility index (Phi) is 2.14. The van der Waals surface area contributed by atoms with E-state index in [1.165, 1.54) is 0 Å². The summed E-state index contributed by atoms with van der Waals surface area (Å²) in [5.41, 5.74) is 0.591. The zero-order valence-electron chi connectivity index (χ0n) is 9.02. The van der Waals surface area contributed by atoms with Crippen LogP contribution in [0.3, 0.4) is 0 Å². The van der Waals surface area contributed by atoms with E-state index in [0.717, 1.165) is 5.82 Å². The van der Waals surface area contributed by atoms with Crippen molar-refractivity contribution in [3.05, 3.63) is 24.5 Å². The lowest BCUT2D eigenvalue weighted by molar-refractivity contribution is 0.790. The molecule has 3 aromatic rings. The highest BCUT2D eigenvalue weighted by Crippen LogP contribution is 2.06. The third-order valence-electron chi connectivity index (χ3n) is 2.34. The summed E-state index contributed by atoms with van der Waals surface area (Å²) < 4.78 is 3.41. The molecule has 0 aliphatic rings. The minimum atomic E-state index is 0.525. The van der Waals surface area contributed by atoms with Crippen molar-refractivity contribution >= 4 is 11.5 Å². The van der Waals surface area contributed by atoms with Gasteiger partial charge in [0, 0.05) is 7.05 Å². The van der Waals surface area contributed by atoms with Gasteiger partial charge in [0.2, 0.25) is 0 Å². The molecule has 0 saturated carbocycles. The molecular formula is C8H9N9. The molecule has 3 rings (SSSR count). The van der Waals surface area contributed by atoms with Crippen LogP contribution in [0.25, 0.3) is 5.65 Å². The predicted molar refractivity (Wildman–Crippen MR) is 56.9 cm³/mol. The maximum Gasteiger partial charge on any atom is 0.199 e. The molecule has 0 fully saturated rings. The fraction of sp³-hybridized carbons (Fsp3) is 0.250. The molecule has 1 N–H and O–H groups in total. The molecule has 0 saturated heterocycles. The van der Waals surface area contributed by atoms with Crippen molar-refractivity contribution in [3.8, 4) is 0 Å². The number of aromatic nitrogens is 8. The maximum absolute atomic E-state index is 4.04. The summed E-state index contributed by atoms with van der Waals surface area (Å²) in [7, 11) is 1.88. The molecule has 3 aromatic heterocycles. The standard InChI is InChI=1S/C8H9N9/c1-16-5-11-12-7(16)4-10-6-2-9-3-8-13-14-15-17(6)8/h2-3,5,10H,4H2,1H3. The van der Waals surface area contributed by atoms with Crippen LogP contribution in [0.15, 0.2) is 18.7 Å². The van der Waals surface area contributed by atoms with Gasteiger partial charge in [-0.3, -0.25) is 4.98 Å². The second kappa shape index (κ2) is 3.77. The number of hydrogen-bond acceptors (Lipinski definition) is 7. The van der Waals surface area contributed by atoms with Crippen LogP contribution in [0, 0.1) is 0 Å². The quantitative estimate of drug-likeness (QED) is 0.633. The van der Waals surface area contributed by atoms with E-state index in [2.05, 4.69) is 36.0 Å². The lowest BCUT2D eigenvalue weighted by Crippen LogP contribution is -2.09. The minimum absolute atomic E-state index is 0.525. The van der Waals surface area contributed by atoms with Crippen molar-refractivity contribution in [1.82, 2.24) is 39.8 Å². The molecule has 0 radical (unpaired) electrons. The Morgan fingerprint density at radius 1 is 1.29 bits per heavy atom. The molecule has 0 aliphatic carbocycles. The number of aryl methyl sites for hydroxylation is 1. The SMILES string of the molecule is Cn1cnnc1CNc1cncc2nnnn12.